The highest BCUT2D eigenvalue weighted by molar-refractivity contribution is 5.76. The number of hydrogen-bond acceptors (Lipinski definition) is 3. The van der Waals surface area contributed by atoms with Gasteiger partial charge in [-0.3, -0.25) is 4.79 Å². The van der Waals surface area contributed by atoms with Crippen LogP contribution in [0.2, 0.25) is 0 Å². The molecule has 0 radical (unpaired) electrons. The summed E-state index contributed by atoms with van der Waals surface area (Å²) in [4.78, 5) is 22.4. The second kappa shape index (κ2) is 7.99. The Labute approximate surface area is 113 Å². The van der Waals surface area contributed by atoms with Gasteiger partial charge >= 0.3 is 12.0 Å². The lowest BCUT2D eigenvalue weighted by Gasteiger charge is -2.35. The van der Waals surface area contributed by atoms with E-state index in [1.54, 1.807) is 0 Å². The van der Waals surface area contributed by atoms with Crippen molar-refractivity contribution in [3.8, 4) is 0 Å². The number of rotatable bonds is 8. The zero-order chi connectivity index (χ0) is 14.3. The average molecular weight is 272 g/mol. The number of urea groups is 1. The Bertz CT molecular complexity index is 303. The minimum atomic E-state index is -0.890. The highest BCUT2D eigenvalue weighted by Crippen LogP contribution is 2.23. The summed E-state index contributed by atoms with van der Waals surface area (Å²) in [6.45, 7) is 4.61. The summed E-state index contributed by atoms with van der Waals surface area (Å²) in [7, 11) is 0. The molecule has 0 aromatic heterocycles. The summed E-state index contributed by atoms with van der Waals surface area (Å²) in [6, 6.07) is -0.437. The zero-order valence-electron chi connectivity index (χ0n) is 11.6. The third kappa shape index (κ3) is 5.92. The van der Waals surface area contributed by atoms with Crippen LogP contribution < -0.4 is 10.6 Å². The number of carbonyl (C=O) groups excluding carboxylic acids is 1. The summed E-state index contributed by atoms with van der Waals surface area (Å²) >= 11 is 0. The van der Waals surface area contributed by atoms with Crippen LogP contribution in [0.15, 0.2) is 0 Å². The fraction of sp³-hybridized carbons (Fsp3) is 0.846. The van der Waals surface area contributed by atoms with Crippen molar-refractivity contribution in [2.75, 3.05) is 6.61 Å². The van der Waals surface area contributed by atoms with Crippen molar-refractivity contribution >= 4 is 12.0 Å². The Morgan fingerprint density at radius 1 is 1.37 bits per heavy atom. The normalized spacial score (nSPS) is 23.3. The van der Waals surface area contributed by atoms with Crippen LogP contribution in [-0.2, 0) is 9.53 Å². The van der Waals surface area contributed by atoms with Crippen molar-refractivity contribution in [3.05, 3.63) is 0 Å². The van der Waals surface area contributed by atoms with Crippen LogP contribution in [0.25, 0.3) is 0 Å². The molecule has 6 nitrogen and oxygen atoms in total. The maximum Gasteiger partial charge on any atom is 0.315 e. The van der Waals surface area contributed by atoms with E-state index in [4.69, 9.17) is 9.84 Å². The Morgan fingerprint density at radius 3 is 2.58 bits per heavy atom. The lowest BCUT2D eigenvalue weighted by Crippen LogP contribution is -2.52. The van der Waals surface area contributed by atoms with E-state index in [1.807, 2.05) is 13.8 Å². The molecular weight excluding hydrogens is 248 g/mol. The first kappa shape index (κ1) is 15.8. The minimum absolute atomic E-state index is 0.0342. The van der Waals surface area contributed by atoms with E-state index in [-0.39, 0.29) is 30.6 Å². The van der Waals surface area contributed by atoms with Gasteiger partial charge in [-0.15, -0.1) is 0 Å². The first-order chi connectivity index (χ1) is 9.05. The lowest BCUT2D eigenvalue weighted by atomic mass is 9.89. The van der Waals surface area contributed by atoms with Crippen LogP contribution in [0, 0.1) is 0 Å². The number of hydrogen-bond donors (Lipinski definition) is 3. The predicted octanol–water partition coefficient (Wildman–Crippen LogP) is 1.50. The highest BCUT2D eigenvalue weighted by atomic mass is 16.5. The molecule has 0 spiro atoms. The number of carboxylic acids is 1. The monoisotopic (exact) mass is 272 g/mol. The molecule has 0 saturated heterocycles. The van der Waals surface area contributed by atoms with Crippen molar-refractivity contribution in [2.45, 2.75) is 64.1 Å². The van der Waals surface area contributed by atoms with E-state index < -0.39 is 5.97 Å². The van der Waals surface area contributed by atoms with Crippen LogP contribution in [0.1, 0.15) is 46.0 Å². The molecule has 1 saturated carbocycles. The van der Waals surface area contributed by atoms with E-state index in [0.29, 0.717) is 13.0 Å². The molecule has 1 unspecified atom stereocenters. The quantitative estimate of drug-likeness (QED) is 0.625. The van der Waals surface area contributed by atoms with Gasteiger partial charge in [0, 0.05) is 18.7 Å². The minimum Gasteiger partial charge on any atom is -0.481 e. The molecule has 19 heavy (non-hydrogen) atoms. The molecule has 0 bridgehead atoms. The van der Waals surface area contributed by atoms with Crippen molar-refractivity contribution in [3.63, 3.8) is 0 Å². The smallest absolute Gasteiger partial charge is 0.315 e. The number of amides is 2. The Balaban J connectivity index is 2.23. The fourth-order valence-corrected chi connectivity index (χ4v) is 2.25. The maximum atomic E-state index is 11.7. The fourth-order valence-electron chi connectivity index (χ4n) is 2.25. The van der Waals surface area contributed by atoms with Gasteiger partial charge in [0.05, 0.1) is 12.5 Å². The van der Waals surface area contributed by atoms with Gasteiger partial charge in [0.2, 0.25) is 0 Å². The number of carboxylic acid groups (broad SMARTS) is 1. The van der Waals surface area contributed by atoms with Crippen LogP contribution in [0.3, 0.4) is 0 Å². The molecule has 0 aromatic rings. The van der Waals surface area contributed by atoms with E-state index in [9.17, 15) is 9.59 Å². The zero-order valence-corrected chi connectivity index (χ0v) is 11.6. The standard InChI is InChI=1S/C13H24N2O4/c1-3-5-9(8-12(16)17)14-13(18)15-10-6-11(7-10)19-4-2/h9-11H,3-8H2,1-2H3,(H,16,17)(H2,14,15,18). The molecule has 1 fully saturated rings. The van der Waals surface area contributed by atoms with Gasteiger partial charge in [-0.1, -0.05) is 13.3 Å². The molecule has 1 atom stereocenters. The Hall–Kier alpha value is -1.30. The van der Waals surface area contributed by atoms with E-state index in [1.165, 1.54) is 0 Å². The lowest BCUT2D eigenvalue weighted by molar-refractivity contribution is -0.137. The molecule has 1 aliphatic rings. The highest BCUT2D eigenvalue weighted by Gasteiger charge is 2.31. The first-order valence-corrected chi connectivity index (χ1v) is 6.95. The number of nitrogens with one attached hydrogen (secondary N) is 2. The topological polar surface area (TPSA) is 87.7 Å². The molecular formula is C13H24N2O4. The van der Waals surface area contributed by atoms with E-state index in [0.717, 1.165) is 19.3 Å². The average Bonchev–Trinajstić information content (AvgIpc) is 2.25. The summed E-state index contributed by atoms with van der Waals surface area (Å²) in [5.74, 6) is -0.890. The summed E-state index contributed by atoms with van der Waals surface area (Å²) in [5, 5.41) is 14.3. The molecule has 3 N–H and O–H groups in total. The van der Waals surface area contributed by atoms with Crippen LogP contribution in [-0.4, -0.2) is 41.9 Å². The summed E-state index contributed by atoms with van der Waals surface area (Å²) in [6.07, 6.45) is 3.39. The van der Waals surface area contributed by atoms with Crippen molar-refractivity contribution < 1.29 is 19.4 Å². The van der Waals surface area contributed by atoms with Gasteiger partial charge in [0.1, 0.15) is 0 Å². The van der Waals surface area contributed by atoms with Crippen LogP contribution in [0.5, 0.6) is 0 Å². The van der Waals surface area contributed by atoms with Crippen molar-refractivity contribution in [1.82, 2.24) is 10.6 Å². The Morgan fingerprint density at radius 2 is 2.05 bits per heavy atom. The van der Waals surface area contributed by atoms with Gasteiger partial charge in [0.25, 0.3) is 0 Å². The number of aliphatic carboxylic acids is 1. The Kier molecular flexibility index (Phi) is 6.62. The van der Waals surface area contributed by atoms with Gasteiger partial charge < -0.3 is 20.5 Å². The third-order valence-corrected chi connectivity index (χ3v) is 3.23. The SMILES string of the molecule is CCCC(CC(=O)O)NC(=O)NC1CC(OCC)C1. The van der Waals surface area contributed by atoms with Crippen molar-refractivity contribution in [2.24, 2.45) is 0 Å². The third-order valence-electron chi connectivity index (χ3n) is 3.23. The summed E-state index contributed by atoms with van der Waals surface area (Å²) in [5.41, 5.74) is 0. The van der Waals surface area contributed by atoms with E-state index >= 15 is 0 Å². The molecule has 0 aromatic carbocycles. The van der Waals surface area contributed by atoms with Gasteiger partial charge in [-0.05, 0) is 26.2 Å². The van der Waals surface area contributed by atoms with Crippen molar-refractivity contribution in [1.29, 1.82) is 0 Å². The molecule has 0 heterocycles. The number of ether oxygens (including phenoxy) is 1. The van der Waals surface area contributed by atoms with Gasteiger partial charge in [-0.2, -0.15) is 0 Å². The molecule has 2 amide bonds. The predicted molar refractivity (Wildman–Crippen MR) is 71.1 cm³/mol. The van der Waals surface area contributed by atoms with E-state index in [2.05, 4.69) is 10.6 Å². The number of carbonyl (C=O) groups is 2. The van der Waals surface area contributed by atoms with Crippen LogP contribution >= 0.6 is 0 Å². The maximum absolute atomic E-state index is 11.7. The van der Waals surface area contributed by atoms with Gasteiger partial charge in [-0.25, -0.2) is 4.79 Å². The van der Waals surface area contributed by atoms with Gasteiger partial charge in [0.15, 0.2) is 0 Å². The largest absolute Gasteiger partial charge is 0.481 e. The second-order valence-corrected chi connectivity index (χ2v) is 4.95. The summed E-state index contributed by atoms with van der Waals surface area (Å²) < 4.78 is 5.41. The van der Waals surface area contributed by atoms with Crippen LogP contribution in [0.4, 0.5) is 4.79 Å². The molecule has 1 rings (SSSR count). The first-order valence-electron chi connectivity index (χ1n) is 6.95. The molecule has 6 heteroatoms. The molecule has 110 valence electrons. The molecule has 1 aliphatic carbocycles. The molecule has 0 aliphatic heterocycles. The second-order valence-electron chi connectivity index (χ2n) is 4.95.